The van der Waals surface area contributed by atoms with Gasteiger partial charge in [-0.2, -0.15) is 0 Å². The summed E-state index contributed by atoms with van der Waals surface area (Å²) in [7, 11) is 0. The van der Waals surface area contributed by atoms with E-state index in [2.05, 4.69) is 88.4 Å². The summed E-state index contributed by atoms with van der Waals surface area (Å²) in [6, 6.07) is 23.6. The van der Waals surface area contributed by atoms with Crippen LogP contribution in [0.2, 0.25) is 0 Å². The second-order valence-electron chi connectivity index (χ2n) is 8.63. The SMILES string of the molecule is CCCCCCc1cc(C)cc(N=C(C=Nc2cc(C)cc(-c3ccccc3)c2)CC)c1. The molecule has 0 N–H and O–H groups in total. The van der Waals surface area contributed by atoms with E-state index in [1.807, 2.05) is 12.3 Å². The quantitative estimate of drug-likeness (QED) is 0.229. The van der Waals surface area contributed by atoms with Crippen LogP contribution >= 0.6 is 0 Å². The largest absolute Gasteiger partial charge is 0.255 e. The van der Waals surface area contributed by atoms with Gasteiger partial charge in [-0.3, -0.25) is 9.98 Å². The van der Waals surface area contributed by atoms with Crippen LogP contribution in [0.4, 0.5) is 11.4 Å². The highest BCUT2D eigenvalue weighted by Gasteiger charge is 2.03. The molecule has 0 aromatic heterocycles. The van der Waals surface area contributed by atoms with Crippen LogP contribution in [-0.4, -0.2) is 11.9 Å². The molecular formula is C30H36N2. The number of aryl methyl sites for hydroxylation is 3. The fourth-order valence-electron chi connectivity index (χ4n) is 3.95. The highest BCUT2D eigenvalue weighted by Crippen LogP contribution is 2.26. The number of unbranched alkanes of at least 4 members (excludes halogenated alkanes) is 3. The van der Waals surface area contributed by atoms with Crippen LogP contribution in [-0.2, 0) is 6.42 Å². The van der Waals surface area contributed by atoms with Crippen molar-refractivity contribution in [1.29, 1.82) is 0 Å². The number of nitrogens with zero attached hydrogens (tertiary/aromatic N) is 2. The lowest BCUT2D eigenvalue weighted by Crippen LogP contribution is -1.97. The van der Waals surface area contributed by atoms with Crippen molar-refractivity contribution in [2.45, 2.75) is 66.2 Å². The van der Waals surface area contributed by atoms with Gasteiger partial charge in [0.15, 0.2) is 0 Å². The smallest absolute Gasteiger partial charge is 0.0639 e. The van der Waals surface area contributed by atoms with Crippen LogP contribution in [0.25, 0.3) is 11.1 Å². The first kappa shape index (κ1) is 23.7. The first-order valence-electron chi connectivity index (χ1n) is 12.0. The van der Waals surface area contributed by atoms with Crippen LogP contribution < -0.4 is 0 Å². The van der Waals surface area contributed by atoms with Gasteiger partial charge in [0.1, 0.15) is 0 Å². The van der Waals surface area contributed by atoms with Crippen molar-refractivity contribution in [3.63, 3.8) is 0 Å². The van der Waals surface area contributed by atoms with E-state index < -0.39 is 0 Å². The van der Waals surface area contributed by atoms with Crippen molar-refractivity contribution in [3.8, 4) is 11.1 Å². The van der Waals surface area contributed by atoms with E-state index in [9.17, 15) is 0 Å². The molecule has 2 heteroatoms. The minimum atomic E-state index is 0.848. The van der Waals surface area contributed by atoms with Gasteiger partial charge in [0, 0.05) is 6.21 Å². The van der Waals surface area contributed by atoms with Crippen LogP contribution in [0.3, 0.4) is 0 Å². The molecule has 0 atom stereocenters. The summed E-state index contributed by atoms with van der Waals surface area (Å²) in [6.45, 7) is 8.67. The van der Waals surface area contributed by atoms with E-state index in [0.29, 0.717) is 0 Å². The fraction of sp³-hybridized carbons (Fsp3) is 0.333. The third-order valence-corrected chi connectivity index (χ3v) is 5.61. The number of hydrogen-bond donors (Lipinski definition) is 0. The summed E-state index contributed by atoms with van der Waals surface area (Å²) in [4.78, 5) is 9.71. The Morgan fingerprint density at radius 1 is 0.750 bits per heavy atom. The predicted molar refractivity (Wildman–Crippen MR) is 141 cm³/mol. The minimum absolute atomic E-state index is 0.848. The third-order valence-electron chi connectivity index (χ3n) is 5.61. The molecule has 0 fully saturated rings. The van der Waals surface area contributed by atoms with Gasteiger partial charge < -0.3 is 0 Å². The van der Waals surface area contributed by atoms with E-state index in [0.717, 1.165) is 29.9 Å². The summed E-state index contributed by atoms with van der Waals surface area (Å²) in [5, 5.41) is 0. The Morgan fingerprint density at radius 2 is 1.50 bits per heavy atom. The van der Waals surface area contributed by atoms with E-state index in [1.54, 1.807) is 0 Å². The molecule has 32 heavy (non-hydrogen) atoms. The second-order valence-corrected chi connectivity index (χ2v) is 8.63. The maximum absolute atomic E-state index is 4.93. The third kappa shape index (κ3) is 7.30. The van der Waals surface area contributed by atoms with Crippen molar-refractivity contribution in [1.82, 2.24) is 0 Å². The fourth-order valence-corrected chi connectivity index (χ4v) is 3.95. The normalized spacial score (nSPS) is 11.9. The summed E-state index contributed by atoms with van der Waals surface area (Å²) in [5.41, 5.74) is 9.27. The topological polar surface area (TPSA) is 24.7 Å². The van der Waals surface area contributed by atoms with Gasteiger partial charge >= 0.3 is 0 Å². The standard InChI is InChI=1S/C30H36N2/c1-5-7-8-10-13-25-16-23(3)19-30(20-25)32-28(6-2)22-31-29-18-24(4)17-27(21-29)26-14-11-9-12-15-26/h9,11-12,14-22H,5-8,10,13H2,1-4H3. The molecular weight excluding hydrogens is 388 g/mol. The molecule has 2 nitrogen and oxygen atoms in total. The molecule has 0 saturated carbocycles. The number of aliphatic imine (C=N–C) groups is 2. The Bertz CT molecular complexity index is 1060. The van der Waals surface area contributed by atoms with Crippen molar-refractivity contribution >= 4 is 23.3 Å². The lowest BCUT2D eigenvalue weighted by atomic mass is 10.0. The summed E-state index contributed by atoms with van der Waals surface area (Å²) >= 11 is 0. The number of rotatable bonds is 10. The van der Waals surface area contributed by atoms with E-state index in [1.165, 1.54) is 53.5 Å². The molecule has 0 amide bonds. The molecule has 3 aromatic carbocycles. The van der Waals surface area contributed by atoms with Crippen LogP contribution in [0, 0.1) is 13.8 Å². The van der Waals surface area contributed by atoms with E-state index in [-0.39, 0.29) is 0 Å². The first-order chi connectivity index (χ1) is 15.6. The predicted octanol–water partition coefficient (Wildman–Crippen LogP) is 8.98. The second kappa shape index (κ2) is 12.1. The van der Waals surface area contributed by atoms with Gasteiger partial charge in [0.2, 0.25) is 0 Å². The van der Waals surface area contributed by atoms with Gasteiger partial charge in [0.25, 0.3) is 0 Å². The number of benzene rings is 3. The minimum Gasteiger partial charge on any atom is -0.255 e. The summed E-state index contributed by atoms with van der Waals surface area (Å²) < 4.78 is 0. The molecule has 0 radical (unpaired) electrons. The summed E-state index contributed by atoms with van der Waals surface area (Å²) in [6.07, 6.45) is 9.05. The highest BCUT2D eigenvalue weighted by molar-refractivity contribution is 6.31. The molecule has 0 spiro atoms. The van der Waals surface area contributed by atoms with Gasteiger partial charge in [-0.25, -0.2) is 0 Å². The van der Waals surface area contributed by atoms with Gasteiger partial charge in [-0.15, -0.1) is 0 Å². The van der Waals surface area contributed by atoms with Crippen molar-refractivity contribution in [3.05, 3.63) is 83.4 Å². The molecule has 166 valence electrons. The molecule has 0 saturated heterocycles. The maximum atomic E-state index is 4.93. The summed E-state index contributed by atoms with van der Waals surface area (Å²) in [5.74, 6) is 0. The molecule has 3 rings (SSSR count). The first-order valence-corrected chi connectivity index (χ1v) is 12.0. The Morgan fingerprint density at radius 3 is 2.25 bits per heavy atom. The Labute approximate surface area is 194 Å². The number of hydrogen-bond acceptors (Lipinski definition) is 2. The average molecular weight is 425 g/mol. The van der Waals surface area contributed by atoms with Gasteiger partial charge in [-0.05, 0) is 85.2 Å². The van der Waals surface area contributed by atoms with E-state index in [4.69, 9.17) is 9.98 Å². The zero-order valence-corrected chi connectivity index (χ0v) is 20.1. The van der Waals surface area contributed by atoms with Gasteiger partial charge in [0.05, 0.1) is 17.1 Å². The molecule has 0 unspecified atom stereocenters. The van der Waals surface area contributed by atoms with E-state index >= 15 is 0 Å². The van der Waals surface area contributed by atoms with Crippen molar-refractivity contribution < 1.29 is 0 Å². The van der Waals surface area contributed by atoms with Gasteiger partial charge in [-0.1, -0.05) is 75.6 Å². The molecule has 0 aliphatic rings. The van der Waals surface area contributed by atoms with Crippen molar-refractivity contribution in [2.75, 3.05) is 0 Å². The van der Waals surface area contributed by atoms with Crippen LogP contribution in [0.15, 0.2) is 76.7 Å². The molecule has 0 aliphatic heterocycles. The Kier molecular flexibility index (Phi) is 8.98. The lowest BCUT2D eigenvalue weighted by molar-refractivity contribution is 0.667. The lowest BCUT2D eigenvalue weighted by Gasteiger charge is -2.07. The highest BCUT2D eigenvalue weighted by atomic mass is 14.8. The van der Waals surface area contributed by atoms with Crippen molar-refractivity contribution in [2.24, 2.45) is 9.98 Å². The Hall–Kier alpha value is -3.00. The Balaban J connectivity index is 1.79. The zero-order chi connectivity index (χ0) is 22.8. The molecule has 0 aliphatic carbocycles. The monoisotopic (exact) mass is 424 g/mol. The molecule has 0 bridgehead atoms. The maximum Gasteiger partial charge on any atom is 0.0639 e. The average Bonchev–Trinajstić information content (AvgIpc) is 2.79. The zero-order valence-electron chi connectivity index (χ0n) is 20.1. The molecule has 0 heterocycles. The van der Waals surface area contributed by atoms with Crippen LogP contribution in [0.5, 0.6) is 0 Å². The molecule has 3 aromatic rings. The van der Waals surface area contributed by atoms with Crippen LogP contribution in [0.1, 0.15) is 62.6 Å².